The van der Waals surface area contributed by atoms with Crippen molar-refractivity contribution < 1.29 is 9.60 Å². The Balaban J connectivity index is 1.66. The molecule has 0 aliphatic heterocycles. The summed E-state index contributed by atoms with van der Waals surface area (Å²) in [4.78, 5) is 0. The van der Waals surface area contributed by atoms with Crippen molar-refractivity contribution in [3.05, 3.63) is 158 Å². The van der Waals surface area contributed by atoms with Crippen LogP contribution in [0.3, 0.4) is 0 Å². The summed E-state index contributed by atoms with van der Waals surface area (Å²) in [6, 6.07) is 35.2. The van der Waals surface area contributed by atoms with E-state index in [0.717, 1.165) is 21.5 Å². The Bertz CT molecular complexity index is 2590. The van der Waals surface area contributed by atoms with Gasteiger partial charge in [-0.2, -0.15) is 0 Å². The van der Waals surface area contributed by atoms with E-state index in [2.05, 4.69) is 0 Å². The van der Waals surface area contributed by atoms with Crippen LogP contribution in [0.5, 0.6) is 0 Å². The van der Waals surface area contributed by atoms with Crippen LogP contribution in [-0.4, -0.2) is 0 Å². The molecule has 8 rings (SSSR count). The van der Waals surface area contributed by atoms with Crippen LogP contribution in [0.2, 0.25) is 0 Å². The average molecular weight is 514 g/mol. The van der Waals surface area contributed by atoms with Gasteiger partial charge in [0, 0.05) is 0 Å². The Morgan fingerprint density at radius 3 is 1.55 bits per heavy atom. The summed E-state index contributed by atoms with van der Waals surface area (Å²) >= 11 is 0. The van der Waals surface area contributed by atoms with E-state index in [-0.39, 0.29) is 53.1 Å². The molecule has 0 heterocycles. The first-order valence-corrected chi connectivity index (χ1v) is 13.3. The first kappa shape index (κ1) is 16.7. The minimum atomic E-state index is -0.375. The molecule has 186 valence electrons. The molecule has 8 aromatic rings. The van der Waals surface area contributed by atoms with E-state index in [1.807, 2.05) is 115 Å². The van der Waals surface area contributed by atoms with E-state index < -0.39 is 0 Å². The summed E-state index contributed by atoms with van der Waals surface area (Å²) in [5, 5.41) is 5.15. The van der Waals surface area contributed by atoms with Crippen molar-refractivity contribution in [2.45, 2.75) is 0 Å². The predicted octanol–water partition coefficient (Wildman–Crippen LogP) is 11.3. The fraction of sp³-hybridized carbons (Fsp3) is 0. The van der Waals surface area contributed by atoms with Crippen LogP contribution in [0.25, 0.3) is 76.5 Å². The van der Waals surface area contributed by atoms with Crippen LogP contribution in [0, 0.1) is 0 Å². The van der Waals surface area contributed by atoms with Crippen LogP contribution in [-0.2, 0) is 0 Å². The van der Waals surface area contributed by atoms with Crippen molar-refractivity contribution in [2.24, 2.45) is 0 Å². The molecule has 8 aromatic carbocycles. The lowest BCUT2D eigenvalue weighted by atomic mass is 9.84. The molecule has 0 amide bonds. The zero-order valence-electron chi connectivity index (χ0n) is 28.5. The maximum absolute atomic E-state index is 9.83. The molecule has 0 saturated heterocycles. The third-order valence-corrected chi connectivity index (χ3v) is 7.64. The van der Waals surface area contributed by atoms with Gasteiger partial charge in [-0.05, 0) is 94.6 Å². The zero-order chi connectivity index (χ0) is 32.6. The molecule has 0 fully saturated rings. The lowest BCUT2D eigenvalue weighted by Gasteiger charge is -2.19. The number of benzene rings is 8. The third kappa shape index (κ3) is 3.69. The molecule has 0 aliphatic carbocycles. The minimum Gasteiger partial charge on any atom is -0.0622 e. The largest absolute Gasteiger partial charge is 0.0636 e. The molecular weight excluding hydrogens is 480 g/mol. The molecule has 0 radical (unpaired) electrons. The van der Waals surface area contributed by atoms with E-state index in [4.69, 9.17) is 4.11 Å². The molecule has 0 N–H and O–H groups in total. The standard InChI is InChI=1S/C40H26/c1-2-12-29(13-3-1)39-35-16-8-9-17-36(35)40(34-21-19-28-11-5-7-15-31(28)25-34)38-26-33(22-23-37(38)39)32-20-18-27-10-4-6-14-30(27)24-32/h1-26H/i8D,9D,16D,17D,22D,23D,26D. The highest BCUT2D eigenvalue weighted by molar-refractivity contribution is 6.22. The van der Waals surface area contributed by atoms with Crippen molar-refractivity contribution >= 4 is 43.1 Å². The van der Waals surface area contributed by atoms with Gasteiger partial charge in [0.1, 0.15) is 0 Å². The van der Waals surface area contributed by atoms with E-state index in [1.165, 1.54) is 0 Å². The minimum absolute atomic E-state index is 0.0333. The Labute approximate surface area is 243 Å². The molecule has 0 bridgehead atoms. The van der Waals surface area contributed by atoms with Crippen LogP contribution < -0.4 is 0 Å². The topological polar surface area (TPSA) is 0 Å². The fourth-order valence-electron chi connectivity index (χ4n) is 5.73. The highest BCUT2D eigenvalue weighted by Gasteiger charge is 2.17. The van der Waals surface area contributed by atoms with Crippen LogP contribution >= 0.6 is 0 Å². The summed E-state index contributed by atoms with van der Waals surface area (Å²) in [6.07, 6.45) is 0. The Kier molecular flexibility index (Phi) is 3.85. The Morgan fingerprint density at radius 2 is 0.875 bits per heavy atom. The van der Waals surface area contributed by atoms with Gasteiger partial charge in [-0.1, -0.05) is 139 Å². The first-order chi connectivity index (χ1) is 22.8. The van der Waals surface area contributed by atoms with Crippen LogP contribution in [0.1, 0.15) is 9.60 Å². The van der Waals surface area contributed by atoms with Gasteiger partial charge in [0.25, 0.3) is 0 Å². The Hall–Kier alpha value is -5.20. The van der Waals surface area contributed by atoms with Crippen molar-refractivity contribution in [1.82, 2.24) is 0 Å². The first-order valence-electron chi connectivity index (χ1n) is 16.8. The molecule has 40 heavy (non-hydrogen) atoms. The van der Waals surface area contributed by atoms with E-state index in [0.29, 0.717) is 44.2 Å². The smallest absolute Gasteiger partial charge is 0.0622 e. The zero-order valence-corrected chi connectivity index (χ0v) is 21.5. The summed E-state index contributed by atoms with van der Waals surface area (Å²) < 4.78 is 64.5. The predicted molar refractivity (Wildman–Crippen MR) is 173 cm³/mol. The quantitative estimate of drug-likeness (QED) is 0.206. The second-order valence-corrected chi connectivity index (χ2v) is 9.99. The van der Waals surface area contributed by atoms with E-state index >= 15 is 0 Å². The number of hydrogen-bond donors (Lipinski definition) is 0. The van der Waals surface area contributed by atoms with Gasteiger partial charge < -0.3 is 0 Å². The van der Waals surface area contributed by atoms with Gasteiger partial charge in [0.2, 0.25) is 0 Å². The van der Waals surface area contributed by atoms with Gasteiger partial charge in [-0.3, -0.25) is 0 Å². The van der Waals surface area contributed by atoms with E-state index in [1.54, 1.807) is 0 Å². The lowest BCUT2D eigenvalue weighted by Crippen LogP contribution is -1.92. The van der Waals surface area contributed by atoms with Crippen LogP contribution in [0.15, 0.2) is 158 Å². The van der Waals surface area contributed by atoms with E-state index in [9.17, 15) is 5.48 Å². The SMILES string of the molecule is [2H]c1c([2H])c([2H])c2c(-c3ccc4ccccc4c3)c3c([2H])c(-c4ccc5ccccc5c4)c([2H])c([2H])c3c(-c3ccccc3)c2c1[2H]. The summed E-state index contributed by atoms with van der Waals surface area (Å²) in [6.45, 7) is 0. The number of hydrogen-bond acceptors (Lipinski definition) is 0. The van der Waals surface area contributed by atoms with Gasteiger partial charge in [0.05, 0.1) is 9.60 Å². The highest BCUT2D eigenvalue weighted by atomic mass is 14.2. The molecule has 0 atom stereocenters. The molecule has 0 heteroatoms. The maximum atomic E-state index is 9.83. The van der Waals surface area contributed by atoms with Crippen molar-refractivity contribution in [3.8, 4) is 33.4 Å². The molecule has 0 saturated carbocycles. The fourth-order valence-corrected chi connectivity index (χ4v) is 5.73. The van der Waals surface area contributed by atoms with Crippen molar-refractivity contribution in [3.63, 3.8) is 0 Å². The van der Waals surface area contributed by atoms with Gasteiger partial charge in [0.15, 0.2) is 0 Å². The molecular formula is C40H26. The van der Waals surface area contributed by atoms with Gasteiger partial charge in [-0.25, -0.2) is 0 Å². The molecule has 0 nitrogen and oxygen atoms in total. The second kappa shape index (κ2) is 9.22. The average Bonchev–Trinajstić information content (AvgIpc) is 3.11. The van der Waals surface area contributed by atoms with Crippen molar-refractivity contribution in [2.75, 3.05) is 0 Å². The Morgan fingerprint density at radius 1 is 0.350 bits per heavy atom. The lowest BCUT2D eigenvalue weighted by molar-refractivity contribution is 1.65. The summed E-state index contributed by atoms with van der Waals surface area (Å²) in [7, 11) is 0. The number of rotatable bonds is 3. The molecule has 0 aromatic heterocycles. The third-order valence-electron chi connectivity index (χ3n) is 7.64. The summed E-state index contributed by atoms with van der Waals surface area (Å²) in [5.41, 5.74) is 3.11. The highest BCUT2D eigenvalue weighted by Crippen LogP contribution is 2.45. The maximum Gasteiger partial charge on any atom is 0.0636 e. The second-order valence-electron chi connectivity index (χ2n) is 9.99. The van der Waals surface area contributed by atoms with Gasteiger partial charge in [-0.15, -0.1) is 0 Å². The monoisotopic (exact) mass is 513 g/mol. The normalized spacial score (nSPS) is 13.9. The molecule has 0 unspecified atom stereocenters. The molecule has 0 aliphatic rings. The number of fused-ring (bicyclic) bond motifs is 4. The van der Waals surface area contributed by atoms with Crippen molar-refractivity contribution in [1.29, 1.82) is 0 Å². The van der Waals surface area contributed by atoms with Crippen LogP contribution in [0.4, 0.5) is 0 Å². The van der Waals surface area contributed by atoms with Gasteiger partial charge >= 0.3 is 0 Å². The summed E-state index contributed by atoms with van der Waals surface area (Å²) in [5.74, 6) is 0. The molecule has 0 spiro atoms.